The van der Waals surface area contributed by atoms with Crippen molar-refractivity contribution in [2.24, 2.45) is 5.73 Å². The highest BCUT2D eigenvalue weighted by atomic mass is 79.9. The smallest absolute Gasteiger partial charge is 0.174 e. The molecular weight excluding hydrogens is 294 g/mol. The zero-order valence-electron chi connectivity index (χ0n) is 7.68. The Kier molecular flexibility index (Phi) is 3.74. The van der Waals surface area contributed by atoms with Crippen molar-refractivity contribution in [1.82, 2.24) is 9.36 Å². The zero-order valence-corrected chi connectivity index (χ0v) is 10.9. The Labute approximate surface area is 104 Å². The molecule has 1 aromatic heterocycles. The standard InChI is InChI=1S/C9H8BrN3S2/c10-7-2-1-6(4-11)8(3-7)14-9-12-5-13-15-9/h1-3,5H,4,11H2. The van der Waals surface area contributed by atoms with Crippen LogP contribution in [-0.4, -0.2) is 9.36 Å². The molecule has 0 atom stereocenters. The summed E-state index contributed by atoms with van der Waals surface area (Å²) in [5, 5.41) is 0. The second-order valence-electron chi connectivity index (χ2n) is 2.77. The van der Waals surface area contributed by atoms with Gasteiger partial charge in [-0.2, -0.15) is 4.37 Å². The SMILES string of the molecule is NCc1ccc(Br)cc1Sc1ncns1. The monoisotopic (exact) mass is 301 g/mol. The van der Waals surface area contributed by atoms with E-state index in [4.69, 9.17) is 5.73 Å². The molecule has 2 rings (SSSR count). The van der Waals surface area contributed by atoms with Gasteiger partial charge < -0.3 is 5.73 Å². The summed E-state index contributed by atoms with van der Waals surface area (Å²) < 4.78 is 5.94. The van der Waals surface area contributed by atoms with E-state index >= 15 is 0 Å². The molecule has 3 nitrogen and oxygen atoms in total. The first kappa shape index (κ1) is 11.1. The van der Waals surface area contributed by atoms with Gasteiger partial charge in [-0.3, -0.25) is 0 Å². The Morgan fingerprint density at radius 1 is 1.47 bits per heavy atom. The molecule has 0 bridgehead atoms. The van der Waals surface area contributed by atoms with Gasteiger partial charge in [0.05, 0.1) is 0 Å². The van der Waals surface area contributed by atoms with Crippen LogP contribution in [0.15, 0.2) is 38.2 Å². The summed E-state index contributed by atoms with van der Waals surface area (Å²) in [6.45, 7) is 0.536. The number of halogens is 1. The average Bonchev–Trinajstić information content (AvgIpc) is 2.71. The topological polar surface area (TPSA) is 51.8 Å². The highest BCUT2D eigenvalue weighted by Gasteiger charge is 2.06. The van der Waals surface area contributed by atoms with Crippen molar-refractivity contribution in [1.29, 1.82) is 0 Å². The van der Waals surface area contributed by atoms with Crippen molar-refractivity contribution >= 4 is 39.2 Å². The zero-order chi connectivity index (χ0) is 10.7. The fraction of sp³-hybridized carbons (Fsp3) is 0.111. The van der Waals surface area contributed by atoms with E-state index in [1.165, 1.54) is 11.5 Å². The van der Waals surface area contributed by atoms with Crippen LogP contribution in [0.5, 0.6) is 0 Å². The minimum atomic E-state index is 0.536. The van der Waals surface area contributed by atoms with E-state index in [0.717, 1.165) is 19.3 Å². The molecule has 0 radical (unpaired) electrons. The quantitative estimate of drug-likeness (QED) is 0.947. The molecule has 1 aromatic carbocycles. The van der Waals surface area contributed by atoms with Crippen molar-refractivity contribution in [3.63, 3.8) is 0 Å². The third-order valence-electron chi connectivity index (χ3n) is 1.79. The second kappa shape index (κ2) is 5.07. The molecule has 0 aliphatic heterocycles. The number of hydrogen-bond acceptors (Lipinski definition) is 5. The van der Waals surface area contributed by atoms with Crippen LogP contribution in [0.25, 0.3) is 0 Å². The lowest BCUT2D eigenvalue weighted by Gasteiger charge is -2.05. The fourth-order valence-corrected chi connectivity index (χ4v) is 3.19. The summed E-state index contributed by atoms with van der Waals surface area (Å²) in [6.07, 6.45) is 1.56. The Morgan fingerprint density at radius 3 is 3.00 bits per heavy atom. The summed E-state index contributed by atoms with van der Waals surface area (Å²) in [7, 11) is 0. The molecule has 78 valence electrons. The number of nitrogens with zero attached hydrogens (tertiary/aromatic N) is 2. The summed E-state index contributed by atoms with van der Waals surface area (Å²) in [5.41, 5.74) is 6.79. The van der Waals surface area contributed by atoms with Gasteiger partial charge >= 0.3 is 0 Å². The van der Waals surface area contributed by atoms with Gasteiger partial charge in [-0.15, -0.1) is 0 Å². The third kappa shape index (κ3) is 2.78. The molecule has 0 saturated heterocycles. The number of rotatable bonds is 3. The van der Waals surface area contributed by atoms with Crippen molar-refractivity contribution in [2.75, 3.05) is 0 Å². The molecule has 0 aliphatic rings. The fourth-order valence-electron chi connectivity index (χ4n) is 1.09. The van der Waals surface area contributed by atoms with Crippen LogP contribution in [0.4, 0.5) is 0 Å². The predicted octanol–water partition coefficient (Wildman–Crippen LogP) is 2.91. The summed E-state index contributed by atoms with van der Waals surface area (Å²) in [5.74, 6) is 0. The van der Waals surface area contributed by atoms with Crippen LogP contribution in [-0.2, 0) is 6.54 Å². The maximum Gasteiger partial charge on any atom is 0.174 e. The predicted molar refractivity (Wildman–Crippen MR) is 66.1 cm³/mol. The Bertz CT molecular complexity index is 445. The van der Waals surface area contributed by atoms with Gasteiger partial charge in [0.25, 0.3) is 0 Å². The third-order valence-corrected chi connectivity index (χ3v) is 4.10. The minimum Gasteiger partial charge on any atom is -0.326 e. The Balaban J connectivity index is 2.30. The largest absolute Gasteiger partial charge is 0.326 e. The summed E-state index contributed by atoms with van der Waals surface area (Å²) >= 11 is 6.43. The van der Waals surface area contributed by atoms with Gasteiger partial charge in [0.1, 0.15) is 6.33 Å². The maximum atomic E-state index is 5.67. The average molecular weight is 302 g/mol. The van der Waals surface area contributed by atoms with E-state index in [0.29, 0.717) is 6.54 Å². The van der Waals surface area contributed by atoms with Crippen LogP contribution in [0.3, 0.4) is 0 Å². The van der Waals surface area contributed by atoms with Crippen LogP contribution in [0.1, 0.15) is 5.56 Å². The molecule has 0 fully saturated rings. The lowest BCUT2D eigenvalue weighted by Crippen LogP contribution is -1.97. The molecule has 0 unspecified atom stereocenters. The highest BCUT2D eigenvalue weighted by Crippen LogP contribution is 2.32. The van der Waals surface area contributed by atoms with E-state index in [1.807, 2.05) is 18.2 Å². The Hall–Kier alpha value is -0.430. The molecule has 2 N–H and O–H groups in total. The Morgan fingerprint density at radius 2 is 2.33 bits per heavy atom. The molecule has 15 heavy (non-hydrogen) atoms. The van der Waals surface area contributed by atoms with Gasteiger partial charge in [0.2, 0.25) is 0 Å². The first-order valence-corrected chi connectivity index (χ1v) is 6.61. The summed E-state index contributed by atoms with van der Waals surface area (Å²) in [4.78, 5) is 5.26. The van der Waals surface area contributed by atoms with Crippen molar-refractivity contribution < 1.29 is 0 Å². The number of nitrogens with two attached hydrogens (primary N) is 1. The molecule has 0 spiro atoms. The van der Waals surface area contributed by atoms with E-state index in [2.05, 4.69) is 25.3 Å². The molecule has 1 heterocycles. The van der Waals surface area contributed by atoms with Gasteiger partial charge in [-0.1, -0.05) is 33.8 Å². The first-order chi connectivity index (χ1) is 7.29. The number of hydrogen-bond donors (Lipinski definition) is 1. The second-order valence-corrected chi connectivity index (χ2v) is 5.75. The lowest BCUT2D eigenvalue weighted by molar-refractivity contribution is 1.02. The van der Waals surface area contributed by atoms with Gasteiger partial charge in [-0.05, 0) is 29.2 Å². The molecular formula is C9H8BrN3S2. The van der Waals surface area contributed by atoms with E-state index in [9.17, 15) is 0 Å². The molecule has 6 heteroatoms. The van der Waals surface area contributed by atoms with Gasteiger partial charge in [-0.25, -0.2) is 4.98 Å². The molecule has 0 amide bonds. The lowest BCUT2D eigenvalue weighted by atomic mass is 10.2. The van der Waals surface area contributed by atoms with Crippen molar-refractivity contribution in [3.8, 4) is 0 Å². The van der Waals surface area contributed by atoms with Crippen LogP contribution >= 0.6 is 39.2 Å². The van der Waals surface area contributed by atoms with E-state index in [1.54, 1.807) is 18.1 Å². The number of benzene rings is 1. The van der Waals surface area contributed by atoms with Crippen LogP contribution < -0.4 is 5.73 Å². The van der Waals surface area contributed by atoms with Gasteiger partial charge in [0, 0.05) is 15.9 Å². The number of aromatic nitrogens is 2. The molecule has 0 aliphatic carbocycles. The van der Waals surface area contributed by atoms with Crippen molar-refractivity contribution in [3.05, 3.63) is 34.6 Å². The van der Waals surface area contributed by atoms with Crippen LogP contribution in [0.2, 0.25) is 0 Å². The first-order valence-electron chi connectivity index (χ1n) is 4.22. The molecule has 2 aromatic rings. The highest BCUT2D eigenvalue weighted by molar-refractivity contribution is 9.10. The van der Waals surface area contributed by atoms with E-state index < -0.39 is 0 Å². The summed E-state index contributed by atoms with van der Waals surface area (Å²) in [6, 6.07) is 6.06. The van der Waals surface area contributed by atoms with Gasteiger partial charge in [0.15, 0.2) is 4.34 Å². The molecule has 0 saturated carbocycles. The normalized spacial score (nSPS) is 10.5. The van der Waals surface area contributed by atoms with Crippen LogP contribution in [0, 0.1) is 0 Å². The van der Waals surface area contributed by atoms with E-state index in [-0.39, 0.29) is 0 Å². The maximum absolute atomic E-state index is 5.67. The van der Waals surface area contributed by atoms with Crippen molar-refractivity contribution in [2.45, 2.75) is 15.8 Å². The minimum absolute atomic E-state index is 0.536.